The number of piperidine rings is 1. The lowest BCUT2D eigenvalue weighted by atomic mass is 10.0. The number of aromatic nitrogens is 1. The highest BCUT2D eigenvalue weighted by Crippen LogP contribution is 2.16. The number of likely N-dealkylation sites (tertiary alicyclic amines) is 1. The van der Waals surface area contributed by atoms with Gasteiger partial charge in [0.25, 0.3) is 0 Å². The van der Waals surface area contributed by atoms with Crippen molar-refractivity contribution in [2.24, 2.45) is 0 Å². The number of carbonyl (C=O) groups excluding carboxylic acids is 1. The summed E-state index contributed by atoms with van der Waals surface area (Å²) in [6.45, 7) is 1.56. The van der Waals surface area contributed by atoms with Crippen molar-refractivity contribution in [3.05, 3.63) is 48.4 Å². The third-order valence-corrected chi connectivity index (χ3v) is 3.74. The van der Waals surface area contributed by atoms with E-state index in [0.717, 1.165) is 31.6 Å². The summed E-state index contributed by atoms with van der Waals surface area (Å²) >= 11 is 0. The maximum Gasteiger partial charge on any atom is 0.228 e. The van der Waals surface area contributed by atoms with E-state index in [1.54, 1.807) is 6.07 Å². The highest BCUT2D eigenvalue weighted by atomic mass is 16.5. The number of benzene rings is 1. The first-order chi connectivity index (χ1) is 10.3. The molecule has 0 radical (unpaired) electrons. The van der Waals surface area contributed by atoms with Crippen molar-refractivity contribution in [1.82, 2.24) is 10.1 Å². The second kappa shape index (κ2) is 6.43. The van der Waals surface area contributed by atoms with E-state index in [4.69, 9.17) is 4.52 Å². The Morgan fingerprint density at radius 1 is 1.33 bits per heavy atom. The lowest BCUT2D eigenvalue weighted by Gasteiger charge is -2.33. The van der Waals surface area contributed by atoms with Gasteiger partial charge in [0.15, 0.2) is 0 Å². The van der Waals surface area contributed by atoms with Crippen LogP contribution in [0.3, 0.4) is 0 Å². The molecule has 0 bridgehead atoms. The summed E-state index contributed by atoms with van der Waals surface area (Å²) in [5, 5.41) is 7.30. The predicted molar refractivity (Wildman–Crippen MR) is 79.9 cm³/mol. The fourth-order valence-corrected chi connectivity index (χ4v) is 2.69. The van der Waals surface area contributed by atoms with Crippen LogP contribution in [0.4, 0.5) is 5.69 Å². The molecule has 1 aromatic heterocycles. The molecule has 1 fully saturated rings. The van der Waals surface area contributed by atoms with Gasteiger partial charge in [-0.3, -0.25) is 4.79 Å². The van der Waals surface area contributed by atoms with Crippen molar-refractivity contribution >= 4 is 11.6 Å². The standard InChI is InChI=1S/C16H19N3O2/c20-16(11-14-8-10-21-18-14)19-9-4-7-15(12-19)17-13-5-2-1-3-6-13/h1-3,5-6,8,10,15,17H,4,7,9,11-12H2/t15-/m1/s1. The molecular formula is C16H19N3O2. The summed E-state index contributed by atoms with van der Waals surface area (Å²) in [7, 11) is 0. The molecule has 0 saturated carbocycles. The number of hydrogen-bond acceptors (Lipinski definition) is 4. The van der Waals surface area contributed by atoms with E-state index in [-0.39, 0.29) is 5.91 Å². The average Bonchev–Trinajstić information content (AvgIpc) is 3.01. The number of hydrogen-bond donors (Lipinski definition) is 1. The van der Waals surface area contributed by atoms with E-state index in [9.17, 15) is 4.79 Å². The molecule has 110 valence electrons. The van der Waals surface area contributed by atoms with Gasteiger partial charge in [-0.1, -0.05) is 23.4 Å². The Bertz CT molecular complexity index is 568. The van der Waals surface area contributed by atoms with Crippen LogP contribution < -0.4 is 5.32 Å². The molecule has 1 saturated heterocycles. The van der Waals surface area contributed by atoms with Crippen LogP contribution in [-0.4, -0.2) is 35.1 Å². The van der Waals surface area contributed by atoms with Crippen molar-refractivity contribution in [3.8, 4) is 0 Å². The van der Waals surface area contributed by atoms with Crippen LogP contribution in [0.15, 0.2) is 47.2 Å². The highest BCUT2D eigenvalue weighted by Gasteiger charge is 2.24. The van der Waals surface area contributed by atoms with Gasteiger partial charge in [0.1, 0.15) is 6.26 Å². The average molecular weight is 285 g/mol. The number of nitrogens with zero attached hydrogens (tertiary/aromatic N) is 2. The molecular weight excluding hydrogens is 266 g/mol. The number of rotatable bonds is 4. The van der Waals surface area contributed by atoms with Crippen molar-refractivity contribution in [3.63, 3.8) is 0 Å². The van der Waals surface area contributed by atoms with Crippen molar-refractivity contribution < 1.29 is 9.32 Å². The monoisotopic (exact) mass is 285 g/mol. The van der Waals surface area contributed by atoms with Gasteiger partial charge in [-0.15, -0.1) is 0 Å². The molecule has 21 heavy (non-hydrogen) atoms. The Hall–Kier alpha value is -2.30. The maximum absolute atomic E-state index is 12.3. The highest BCUT2D eigenvalue weighted by molar-refractivity contribution is 5.78. The first kappa shape index (κ1) is 13.7. The summed E-state index contributed by atoms with van der Waals surface area (Å²) in [5.41, 5.74) is 1.80. The molecule has 0 spiro atoms. The lowest BCUT2D eigenvalue weighted by molar-refractivity contribution is -0.131. The molecule has 5 heteroatoms. The molecule has 0 unspecified atom stereocenters. The Balaban J connectivity index is 1.56. The van der Waals surface area contributed by atoms with Crippen molar-refractivity contribution in [2.45, 2.75) is 25.3 Å². The summed E-state index contributed by atoms with van der Waals surface area (Å²) in [6.07, 6.45) is 3.92. The van der Waals surface area contributed by atoms with E-state index in [2.05, 4.69) is 22.6 Å². The Labute approximate surface area is 123 Å². The van der Waals surface area contributed by atoms with Crippen molar-refractivity contribution in [2.75, 3.05) is 18.4 Å². The van der Waals surface area contributed by atoms with Crippen LogP contribution in [0.5, 0.6) is 0 Å². The Morgan fingerprint density at radius 2 is 2.19 bits per heavy atom. The number of amides is 1. The minimum atomic E-state index is 0.114. The molecule has 3 rings (SSSR count). The van der Waals surface area contributed by atoms with Gasteiger partial charge in [0, 0.05) is 30.9 Å². The van der Waals surface area contributed by atoms with E-state index >= 15 is 0 Å². The van der Waals surface area contributed by atoms with E-state index in [0.29, 0.717) is 18.2 Å². The second-order valence-electron chi connectivity index (χ2n) is 5.36. The molecule has 2 heterocycles. The quantitative estimate of drug-likeness (QED) is 0.936. The second-order valence-corrected chi connectivity index (χ2v) is 5.36. The first-order valence-corrected chi connectivity index (χ1v) is 7.30. The third kappa shape index (κ3) is 3.62. The molecule has 2 aromatic rings. The molecule has 5 nitrogen and oxygen atoms in total. The van der Waals surface area contributed by atoms with Gasteiger partial charge >= 0.3 is 0 Å². The Kier molecular flexibility index (Phi) is 4.19. The van der Waals surface area contributed by atoms with Crippen molar-refractivity contribution in [1.29, 1.82) is 0 Å². The summed E-state index contributed by atoms with van der Waals surface area (Å²) in [6, 6.07) is 12.2. The summed E-state index contributed by atoms with van der Waals surface area (Å²) in [5.74, 6) is 0.114. The SMILES string of the molecule is O=C(Cc1ccon1)N1CCC[C@@H](Nc2ccccc2)C1. The zero-order valence-electron chi connectivity index (χ0n) is 11.9. The van der Waals surface area contributed by atoms with Crippen LogP contribution in [0, 0.1) is 0 Å². The maximum atomic E-state index is 12.3. The predicted octanol–water partition coefficient (Wildman–Crippen LogP) is 2.32. The Morgan fingerprint density at radius 3 is 2.95 bits per heavy atom. The smallest absolute Gasteiger partial charge is 0.228 e. The van der Waals surface area contributed by atoms with Gasteiger partial charge < -0.3 is 14.7 Å². The molecule has 0 aliphatic carbocycles. The molecule has 1 N–H and O–H groups in total. The van der Waals surface area contributed by atoms with Crippen LogP contribution in [0.2, 0.25) is 0 Å². The largest absolute Gasteiger partial charge is 0.381 e. The summed E-state index contributed by atoms with van der Waals surface area (Å²) < 4.78 is 4.77. The van der Waals surface area contributed by atoms with Crippen LogP contribution in [0.25, 0.3) is 0 Å². The third-order valence-electron chi connectivity index (χ3n) is 3.74. The van der Waals surface area contributed by atoms with Gasteiger partial charge in [0.05, 0.1) is 12.1 Å². The van der Waals surface area contributed by atoms with E-state index < -0.39 is 0 Å². The normalized spacial score (nSPS) is 18.5. The lowest BCUT2D eigenvalue weighted by Crippen LogP contribution is -2.45. The topological polar surface area (TPSA) is 58.4 Å². The van der Waals surface area contributed by atoms with Crippen LogP contribution in [0.1, 0.15) is 18.5 Å². The molecule has 1 atom stereocenters. The fraction of sp³-hybridized carbons (Fsp3) is 0.375. The minimum Gasteiger partial charge on any atom is -0.381 e. The van der Waals surface area contributed by atoms with Gasteiger partial charge in [0.2, 0.25) is 5.91 Å². The number of para-hydroxylation sites is 1. The van der Waals surface area contributed by atoms with E-state index in [1.807, 2.05) is 23.1 Å². The minimum absolute atomic E-state index is 0.114. The fourth-order valence-electron chi connectivity index (χ4n) is 2.69. The van der Waals surface area contributed by atoms with Gasteiger partial charge in [-0.05, 0) is 25.0 Å². The van der Waals surface area contributed by atoms with Gasteiger partial charge in [-0.2, -0.15) is 0 Å². The summed E-state index contributed by atoms with van der Waals surface area (Å²) in [4.78, 5) is 14.2. The van der Waals surface area contributed by atoms with E-state index in [1.165, 1.54) is 6.26 Å². The van der Waals surface area contributed by atoms with Gasteiger partial charge in [-0.25, -0.2) is 0 Å². The zero-order valence-corrected chi connectivity index (χ0v) is 11.9. The molecule has 1 aliphatic rings. The first-order valence-electron chi connectivity index (χ1n) is 7.30. The van der Waals surface area contributed by atoms with Crippen LogP contribution >= 0.6 is 0 Å². The number of anilines is 1. The zero-order chi connectivity index (χ0) is 14.5. The number of nitrogens with one attached hydrogen (secondary N) is 1. The molecule has 1 aromatic carbocycles. The molecule has 1 aliphatic heterocycles. The molecule has 1 amide bonds. The number of carbonyl (C=O) groups is 1. The van der Waals surface area contributed by atoms with Crippen LogP contribution in [-0.2, 0) is 11.2 Å².